The van der Waals surface area contributed by atoms with Crippen LogP contribution in [0.4, 0.5) is 4.39 Å². The summed E-state index contributed by atoms with van der Waals surface area (Å²) in [6, 6.07) is 14.1. The van der Waals surface area contributed by atoms with Crippen molar-refractivity contribution >= 4 is 26.0 Å². The lowest BCUT2D eigenvalue weighted by atomic mass is 10.1. The Morgan fingerprint density at radius 1 is 1.08 bits per heavy atom. The first-order chi connectivity index (χ1) is 11.4. The Bertz CT molecular complexity index is 968. The summed E-state index contributed by atoms with van der Waals surface area (Å²) in [7, 11) is -3.75. The first-order valence-corrected chi connectivity index (χ1v) is 9.59. The first kappa shape index (κ1) is 16.8. The molecule has 2 N–H and O–H groups in total. The molecular formula is C16H13BrFN3O2S. The van der Waals surface area contributed by atoms with Gasteiger partial charge in [-0.1, -0.05) is 15.9 Å². The lowest BCUT2D eigenvalue weighted by molar-refractivity contribution is 0.597. The van der Waals surface area contributed by atoms with E-state index in [0.29, 0.717) is 11.0 Å². The van der Waals surface area contributed by atoms with E-state index in [1.807, 2.05) is 6.07 Å². The Kier molecular flexibility index (Phi) is 4.53. The minimum Gasteiger partial charge on any atom is -0.233 e. The highest BCUT2D eigenvalue weighted by Gasteiger charge is 2.13. The van der Waals surface area contributed by atoms with Crippen LogP contribution >= 0.6 is 15.9 Å². The van der Waals surface area contributed by atoms with E-state index < -0.39 is 10.0 Å². The zero-order valence-corrected chi connectivity index (χ0v) is 14.8. The highest BCUT2D eigenvalue weighted by Crippen LogP contribution is 2.25. The third-order valence-corrected chi connectivity index (χ3v) is 4.95. The van der Waals surface area contributed by atoms with Gasteiger partial charge in [0.15, 0.2) is 0 Å². The van der Waals surface area contributed by atoms with Crippen molar-refractivity contribution in [3.63, 3.8) is 0 Å². The number of halogens is 2. The molecule has 0 saturated heterocycles. The molecule has 0 bridgehead atoms. The number of nitrogens with two attached hydrogens (primary N) is 1. The number of sulfonamides is 1. The molecule has 24 heavy (non-hydrogen) atoms. The van der Waals surface area contributed by atoms with Crippen molar-refractivity contribution in [3.05, 3.63) is 66.1 Å². The molecule has 3 rings (SSSR count). The van der Waals surface area contributed by atoms with Gasteiger partial charge >= 0.3 is 0 Å². The summed E-state index contributed by atoms with van der Waals surface area (Å²) in [4.78, 5) is 0.0300. The molecule has 0 aliphatic rings. The van der Waals surface area contributed by atoms with Gasteiger partial charge in [-0.25, -0.2) is 22.6 Å². The lowest BCUT2D eigenvalue weighted by Gasteiger charge is -2.08. The van der Waals surface area contributed by atoms with Crippen LogP contribution in [-0.4, -0.2) is 18.2 Å². The third kappa shape index (κ3) is 3.40. The Hall–Kier alpha value is -2.03. The normalized spacial score (nSPS) is 11.6. The van der Waals surface area contributed by atoms with Gasteiger partial charge in [-0.3, -0.25) is 0 Å². The van der Waals surface area contributed by atoms with Gasteiger partial charge in [0.2, 0.25) is 10.0 Å². The van der Waals surface area contributed by atoms with Gasteiger partial charge in [-0.2, -0.15) is 5.10 Å². The Morgan fingerprint density at radius 2 is 1.71 bits per heavy atom. The number of rotatable bonds is 4. The highest BCUT2D eigenvalue weighted by molar-refractivity contribution is 9.08. The Morgan fingerprint density at radius 3 is 2.25 bits per heavy atom. The SMILES string of the molecule is NS(=O)(=O)c1ccc(-n2nc(CBr)cc2-c2ccc(F)cc2)cc1. The number of primary sulfonamides is 1. The predicted octanol–water partition coefficient (Wildman–Crippen LogP) is 3.22. The van der Waals surface area contributed by atoms with E-state index >= 15 is 0 Å². The average Bonchev–Trinajstić information content (AvgIpc) is 2.99. The maximum Gasteiger partial charge on any atom is 0.238 e. The summed E-state index contributed by atoms with van der Waals surface area (Å²) in [5.74, 6) is -0.317. The molecule has 0 atom stereocenters. The minimum atomic E-state index is -3.75. The topological polar surface area (TPSA) is 78.0 Å². The maximum atomic E-state index is 13.2. The summed E-state index contributed by atoms with van der Waals surface area (Å²) in [5.41, 5.74) is 3.04. The Labute approximate surface area is 147 Å². The zero-order chi connectivity index (χ0) is 17.3. The molecule has 2 aromatic carbocycles. The minimum absolute atomic E-state index is 0.0300. The van der Waals surface area contributed by atoms with Crippen LogP contribution in [0.3, 0.4) is 0 Å². The van der Waals surface area contributed by atoms with Crippen molar-refractivity contribution in [2.45, 2.75) is 10.2 Å². The predicted molar refractivity (Wildman–Crippen MR) is 93.0 cm³/mol. The molecule has 8 heteroatoms. The standard InChI is InChI=1S/C16H13BrFN3O2S/c17-10-13-9-16(11-1-3-12(18)4-2-11)21(20-13)14-5-7-15(8-6-14)24(19,22)23/h1-9H,10H2,(H2,19,22,23). The van der Waals surface area contributed by atoms with Gasteiger partial charge in [-0.05, 0) is 54.6 Å². The summed E-state index contributed by atoms with van der Waals surface area (Å²) < 4.78 is 37.6. The number of aromatic nitrogens is 2. The summed E-state index contributed by atoms with van der Waals surface area (Å²) in [5, 5.41) is 10.2. The second-order valence-corrected chi connectivity index (χ2v) is 7.23. The van der Waals surface area contributed by atoms with E-state index in [-0.39, 0.29) is 10.7 Å². The van der Waals surface area contributed by atoms with Crippen LogP contribution in [0, 0.1) is 5.82 Å². The summed E-state index contributed by atoms with van der Waals surface area (Å²) in [6.45, 7) is 0. The second kappa shape index (κ2) is 6.46. The molecule has 1 aromatic heterocycles. The first-order valence-electron chi connectivity index (χ1n) is 6.92. The zero-order valence-electron chi connectivity index (χ0n) is 12.4. The molecule has 124 valence electrons. The second-order valence-electron chi connectivity index (χ2n) is 5.11. The monoisotopic (exact) mass is 409 g/mol. The van der Waals surface area contributed by atoms with Gasteiger partial charge in [0, 0.05) is 10.9 Å². The van der Waals surface area contributed by atoms with Crippen LogP contribution in [0.1, 0.15) is 5.69 Å². The van der Waals surface area contributed by atoms with Crippen LogP contribution in [0.25, 0.3) is 16.9 Å². The maximum absolute atomic E-state index is 13.2. The number of hydrogen-bond donors (Lipinski definition) is 1. The van der Waals surface area contributed by atoms with Crippen molar-refractivity contribution in [1.29, 1.82) is 0 Å². The van der Waals surface area contributed by atoms with Crippen molar-refractivity contribution in [2.75, 3.05) is 0 Å². The van der Waals surface area contributed by atoms with Crippen LogP contribution < -0.4 is 5.14 Å². The lowest BCUT2D eigenvalue weighted by Crippen LogP contribution is -2.12. The van der Waals surface area contributed by atoms with E-state index in [1.165, 1.54) is 24.3 Å². The van der Waals surface area contributed by atoms with E-state index in [1.54, 1.807) is 28.9 Å². The third-order valence-electron chi connectivity index (χ3n) is 3.45. The van der Waals surface area contributed by atoms with Gasteiger partial charge in [-0.15, -0.1) is 0 Å². The fourth-order valence-corrected chi connectivity index (χ4v) is 3.09. The van der Waals surface area contributed by atoms with Gasteiger partial charge in [0.05, 0.1) is 22.0 Å². The molecule has 0 amide bonds. The van der Waals surface area contributed by atoms with Crippen molar-refractivity contribution < 1.29 is 12.8 Å². The largest absolute Gasteiger partial charge is 0.238 e. The van der Waals surface area contributed by atoms with E-state index in [0.717, 1.165) is 17.0 Å². The van der Waals surface area contributed by atoms with E-state index in [2.05, 4.69) is 21.0 Å². The van der Waals surface area contributed by atoms with Crippen molar-refractivity contribution in [2.24, 2.45) is 5.14 Å². The van der Waals surface area contributed by atoms with Gasteiger partial charge < -0.3 is 0 Å². The van der Waals surface area contributed by atoms with Gasteiger partial charge in [0.1, 0.15) is 5.82 Å². The molecule has 0 unspecified atom stereocenters. The number of alkyl halides is 1. The van der Waals surface area contributed by atoms with Crippen molar-refractivity contribution in [1.82, 2.24) is 9.78 Å². The molecule has 5 nitrogen and oxygen atoms in total. The van der Waals surface area contributed by atoms with Crippen LogP contribution in [-0.2, 0) is 15.4 Å². The molecule has 0 aliphatic carbocycles. The fraction of sp³-hybridized carbons (Fsp3) is 0.0625. The quantitative estimate of drug-likeness (QED) is 0.671. The molecule has 3 aromatic rings. The summed E-state index contributed by atoms with van der Waals surface area (Å²) >= 11 is 3.37. The fourth-order valence-electron chi connectivity index (χ4n) is 2.30. The van der Waals surface area contributed by atoms with E-state index in [4.69, 9.17) is 5.14 Å². The summed E-state index contributed by atoms with van der Waals surface area (Å²) in [6.07, 6.45) is 0. The highest BCUT2D eigenvalue weighted by atomic mass is 79.9. The molecule has 0 spiro atoms. The van der Waals surface area contributed by atoms with Crippen molar-refractivity contribution in [3.8, 4) is 16.9 Å². The molecule has 0 fully saturated rings. The number of benzene rings is 2. The number of nitrogens with zero attached hydrogens (tertiary/aromatic N) is 2. The molecule has 0 saturated carbocycles. The average molecular weight is 410 g/mol. The Balaban J connectivity index is 2.10. The van der Waals surface area contributed by atoms with Crippen LogP contribution in [0.15, 0.2) is 59.5 Å². The molecular weight excluding hydrogens is 397 g/mol. The van der Waals surface area contributed by atoms with Crippen LogP contribution in [0.5, 0.6) is 0 Å². The molecule has 1 heterocycles. The smallest absolute Gasteiger partial charge is 0.233 e. The van der Waals surface area contributed by atoms with Gasteiger partial charge in [0.25, 0.3) is 0 Å². The number of hydrogen-bond acceptors (Lipinski definition) is 3. The molecule has 0 aliphatic heterocycles. The molecule has 0 radical (unpaired) electrons. The van der Waals surface area contributed by atoms with E-state index in [9.17, 15) is 12.8 Å². The van der Waals surface area contributed by atoms with Crippen LogP contribution in [0.2, 0.25) is 0 Å².